The number of benzene rings is 3. The summed E-state index contributed by atoms with van der Waals surface area (Å²) in [6.45, 7) is 2.06. The van der Waals surface area contributed by atoms with Crippen LogP contribution in [0.3, 0.4) is 0 Å². The van der Waals surface area contributed by atoms with Gasteiger partial charge in [-0.05, 0) is 60.5 Å². The van der Waals surface area contributed by atoms with Crippen molar-refractivity contribution in [1.82, 2.24) is 24.8 Å². The van der Waals surface area contributed by atoms with Crippen LogP contribution in [0.1, 0.15) is 34.3 Å². The van der Waals surface area contributed by atoms with E-state index in [1.165, 1.54) is 12.1 Å². The van der Waals surface area contributed by atoms with E-state index in [0.717, 1.165) is 33.6 Å². The van der Waals surface area contributed by atoms with Gasteiger partial charge in [0.05, 0.1) is 29.1 Å². The molecule has 43 heavy (non-hydrogen) atoms. The van der Waals surface area contributed by atoms with Crippen LogP contribution < -0.4 is 11.1 Å². The highest BCUT2D eigenvalue weighted by molar-refractivity contribution is 5.86. The Morgan fingerprint density at radius 2 is 1.79 bits per heavy atom. The number of fused-ring (bicyclic) bond motifs is 1. The number of aromatic nitrogens is 4. The van der Waals surface area contributed by atoms with E-state index < -0.39 is 5.92 Å². The number of aromatic hydroxyl groups is 1. The third kappa shape index (κ3) is 5.43. The summed E-state index contributed by atoms with van der Waals surface area (Å²) in [6, 6.07) is 28.1. The van der Waals surface area contributed by atoms with Crippen LogP contribution in [0.4, 0.5) is 5.69 Å². The van der Waals surface area contributed by atoms with Crippen molar-refractivity contribution in [1.29, 1.82) is 0 Å². The first-order valence-electron chi connectivity index (χ1n) is 13.7. The average Bonchev–Trinajstić information content (AvgIpc) is 3.42. The quantitative estimate of drug-likeness (QED) is 0.201. The van der Waals surface area contributed by atoms with Crippen LogP contribution in [0.2, 0.25) is 0 Å². The van der Waals surface area contributed by atoms with Gasteiger partial charge in [0.2, 0.25) is 5.91 Å². The van der Waals surface area contributed by atoms with E-state index in [-0.39, 0.29) is 17.2 Å². The van der Waals surface area contributed by atoms with Crippen LogP contribution in [0, 0.1) is 0 Å². The number of nitrogens with one attached hydrogen (secondary N) is 1. The molecule has 9 nitrogen and oxygen atoms in total. The van der Waals surface area contributed by atoms with Crippen LogP contribution in [0.25, 0.3) is 39.5 Å². The van der Waals surface area contributed by atoms with Crippen LogP contribution >= 0.6 is 0 Å². The number of hydrogen-bond acceptors (Lipinski definition) is 7. The number of nitrogen functional groups attached to an aromatic ring is 1. The van der Waals surface area contributed by atoms with Gasteiger partial charge < -0.3 is 16.2 Å². The van der Waals surface area contributed by atoms with Crippen LogP contribution in [0.5, 0.6) is 5.75 Å². The molecular weight excluding hydrogens is 540 g/mol. The van der Waals surface area contributed by atoms with E-state index in [1.807, 2.05) is 77.4 Å². The molecule has 0 aliphatic carbocycles. The molecule has 212 valence electrons. The number of rotatable bonds is 8. The van der Waals surface area contributed by atoms with Gasteiger partial charge >= 0.3 is 0 Å². The molecule has 6 aromatic rings. The predicted molar refractivity (Wildman–Crippen MR) is 166 cm³/mol. The molecule has 0 fully saturated rings. The number of amides is 1. The molecule has 3 aromatic heterocycles. The Bertz CT molecular complexity index is 1950. The first kappa shape index (κ1) is 27.3. The molecule has 0 aliphatic rings. The van der Waals surface area contributed by atoms with Gasteiger partial charge in [0, 0.05) is 29.6 Å². The van der Waals surface area contributed by atoms with E-state index in [4.69, 9.17) is 15.7 Å². The highest BCUT2D eigenvalue weighted by Crippen LogP contribution is 2.32. The fourth-order valence-corrected chi connectivity index (χ4v) is 4.95. The first-order chi connectivity index (χ1) is 20.9. The number of phenols is 1. The number of nitrogens with two attached hydrogens (primary N) is 1. The SMILES string of the molecule is CC(C(=O)NCc1ccc(-n2c(-c3ccncc3N)nc3ccc(-c4ccccc4)nc32)cc1)c1ccc(C=O)c(O)c1. The first-order valence-corrected chi connectivity index (χ1v) is 13.7. The normalized spacial score (nSPS) is 11.7. The van der Waals surface area contributed by atoms with E-state index in [9.17, 15) is 14.7 Å². The summed E-state index contributed by atoms with van der Waals surface area (Å²) in [5, 5.41) is 13.0. The smallest absolute Gasteiger partial charge is 0.227 e. The minimum Gasteiger partial charge on any atom is -0.507 e. The molecule has 0 radical (unpaired) electrons. The summed E-state index contributed by atoms with van der Waals surface area (Å²) in [7, 11) is 0. The molecule has 0 saturated heterocycles. The van der Waals surface area contributed by atoms with Crippen molar-refractivity contribution in [2.45, 2.75) is 19.4 Å². The molecule has 4 N–H and O–H groups in total. The average molecular weight is 569 g/mol. The second-order valence-corrected chi connectivity index (χ2v) is 10.2. The Morgan fingerprint density at radius 3 is 2.51 bits per heavy atom. The zero-order valence-electron chi connectivity index (χ0n) is 23.3. The number of carbonyl (C=O) groups is 2. The molecule has 6 rings (SSSR count). The van der Waals surface area contributed by atoms with Crippen molar-refractivity contribution in [2.75, 3.05) is 5.73 Å². The zero-order chi connectivity index (χ0) is 29.9. The minimum atomic E-state index is -0.513. The molecule has 3 aromatic carbocycles. The number of anilines is 1. The summed E-state index contributed by atoms with van der Waals surface area (Å²) < 4.78 is 1.98. The van der Waals surface area contributed by atoms with Gasteiger partial charge in [-0.2, -0.15) is 0 Å². The van der Waals surface area contributed by atoms with Crippen LogP contribution in [-0.2, 0) is 11.3 Å². The van der Waals surface area contributed by atoms with Gasteiger partial charge in [-0.1, -0.05) is 48.5 Å². The number of hydrogen-bond donors (Lipinski definition) is 3. The highest BCUT2D eigenvalue weighted by atomic mass is 16.3. The van der Waals surface area contributed by atoms with Crippen molar-refractivity contribution in [3.05, 3.63) is 120 Å². The van der Waals surface area contributed by atoms with Gasteiger partial charge in [0.25, 0.3) is 0 Å². The van der Waals surface area contributed by atoms with Gasteiger partial charge in [0.1, 0.15) is 17.1 Å². The molecule has 0 bridgehead atoms. The zero-order valence-corrected chi connectivity index (χ0v) is 23.3. The third-order valence-corrected chi connectivity index (χ3v) is 7.40. The van der Waals surface area contributed by atoms with Crippen molar-refractivity contribution < 1.29 is 14.7 Å². The van der Waals surface area contributed by atoms with Crippen LogP contribution in [-0.4, -0.2) is 36.8 Å². The lowest BCUT2D eigenvalue weighted by atomic mass is 9.98. The summed E-state index contributed by atoms with van der Waals surface area (Å²) in [4.78, 5) is 37.9. The number of carbonyl (C=O) groups excluding carboxylic acids is 2. The van der Waals surface area contributed by atoms with Gasteiger partial charge in [0.15, 0.2) is 11.9 Å². The summed E-state index contributed by atoms with van der Waals surface area (Å²) in [5.41, 5.74) is 13.3. The Morgan fingerprint density at radius 1 is 1.00 bits per heavy atom. The maximum atomic E-state index is 12.9. The number of phenolic OH excluding ortho intramolecular Hbond substituents is 1. The molecule has 9 heteroatoms. The van der Waals surface area contributed by atoms with E-state index in [0.29, 0.717) is 35.6 Å². The number of pyridine rings is 2. The van der Waals surface area contributed by atoms with E-state index in [1.54, 1.807) is 25.4 Å². The van der Waals surface area contributed by atoms with Crippen LogP contribution in [0.15, 0.2) is 103 Å². The number of imidazole rings is 1. The maximum Gasteiger partial charge on any atom is 0.227 e. The lowest BCUT2D eigenvalue weighted by Gasteiger charge is -2.14. The van der Waals surface area contributed by atoms with Crippen molar-refractivity contribution >= 4 is 29.0 Å². The second kappa shape index (κ2) is 11.6. The lowest BCUT2D eigenvalue weighted by molar-refractivity contribution is -0.122. The summed E-state index contributed by atoms with van der Waals surface area (Å²) in [6.07, 6.45) is 3.86. The highest BCUT2D eigenvalue weighted by Gasteiger charge is 2.19. The van der Waals surface area contributed by atoms with Gasteiger partial charge in [-0.15, -0.1) is 0 Å². The lowest BCUT2D eigenvalue weighted by Crippen LogP contribution is -2.27. The Labute approximate surface area is 247 Å². The second-order valence-electron chi connectivity index (χ2n) is 10.2. The summed E-state index contributed by atoms with van der Waals surface area (Å²) in [5.74, 6) is -0.211. The number of aldehydes is 1. The minimum absolute atomic E-state index is 0.145. The maximum absolute atomic E-state index is 12.9. The molecule has 1 amide bonds. The van der Waals surface area contributed by atoms with Gasteiger partial charge in [-0.3, -0.25) is 19.1 Å². The van der Waals surface area contributed by atoms with Gasteiger partial charge in [-0.25, -0.2) is 9.97 Å². The van der Waals surface area contributed by atoms with Crippen molar-refractivity contribution in [2.24, 2.45) is 0 Å². The largest absolute Gasteiger partial charge is 0.507 e. The van der Waals surface area contributed by atoms with E-state index >= 15 is 0 Å². The predicted octanol–water partition coefficient (Wildman–Crippen LogP) is 5.67. The monoisotopic (exact) mass is 568 g/mol. The fraction of sp³-hybridized carbons (Fsp3) is 0.0882. The van der Waals surface area contributed by atoms with Crippen molar-refractivity contribution in [3.8, 4) is 34.1 Å². The Balaban J connectivity index is 1.30. The third-order valence-electron chi connectivity index (χ3n) is 7.40. The molecule has 0 aliphatic heterocycles. The molecule has 1 atom stereocenters. The fourth-order valence-electron chi connectivity index (χ4n) is 4.95. The van der Waals surface area contributed by atoms with Crippen molar-refractivity contribution in [3.63, 3.8) is 0 Å². The molecule has 0 spiro atoms. The number of nitrogens with zero attached hydrogens (tertiary/aromatic N) is 4. The van der Waals surface area contributed by atoms with E-state index in [2.05, 4.69) is 10.3 Å². The summed E-state index contributed by atoms with van der Waals surface area (Å²) >= 11 is 0. The molecule has 0 saturated carbocycles. The Kier molecular flexibility index (Phi) is 7.36. The molecule has 3 heterocycles. The molecule has 1 unspecified atom stereocenters. The molecular formula is C34H28N6O3. The standard InChI is InChI=1S/C34H28N6O3/c1-21(24-9-10-25(20-41)31(42)17-24)34(43)37-18-22-7-11-26(12-8-22)40-32(27-15-16-36-19-28(27)35)39-30-14-13-29(38-33(30)40)23-5-3-2-4-6-23/h2-17,19-21,42H,18,35H2,1H3,(H,37,43). The topological polar surface area (TPSA) is 136 Å². The Hall–Kier alpha value is -5.83.